The third-order valence-electron chi connectivity index (χ3n) is 5.63. The van der Waals surface area contributed by atoms with Crippen molar-refractivity contribution in [2.75, 3.05) is 13.7 Å². The van der Waals surface area contributed by atoms with Gasteiger partial charge in [0.15, 0.2) is 17.8 Å². The van der Waals surface area contributed by atoms with Gasteiger partial charge in [-0.05, 0) is 49.9 Å². The topological polar surface area (TPSA) is 98.4 Å². The first-order chi connectivity index (χ1) is 16.6. The third kappa shape index (κ3) is 5.45. The van der Waals surface area contributed by atoms with Crippen molar-refractivity contribution in [1.29, 1.82) is 0 Å². The molecule has 0 spiro atoms. The lowest BCUT2D eigenvalue weighted by Gasteiger charge is -2.29. The van der Waals surface area contributed by atoms with Gasteiger partial charge in [0.1, 0.15) is 12.0 Å². The van der Waals surface area contributed by atoms with Crippen molar-refractivity contribution in [1.82, 2.24) is 19.9 Å². The molecule has 0 saturated heterocycles. The zero-order chi connectivity index (χ0) is 25.3. The molecular formula is C23H20ClF3N4O4. The van der Waals surface area contributed by atoms with Crippen molar-refractivity contribution in [3.63, 3.8) is 0 Å². The summed E-state index contributed by atoms with van der Waals surface area (Å²) in [5.74, 6) is -0.818. The molecule has 0 bridgehead atoms. The first-order valence-electron chi connectivity index (χ1n) is 10.6. The third-order valence-corrected chi connectivity index (χ3v) is 5.85. The highest BCUT2D eigenvalue weighted by molar-refractivity contribution is 6.31. The van der Waals surface area contributed by atoms with Crippen molar-refractivity contribution in [3.05, 3.63) is 64.6 Å². The summed E-state index contributed by atoms with van der Waals surface area (Å²) in [5.41, 5.74) is -0.668. The maximum atomic E-state index is 13.5. The number of ether oxygens (including phenoxy) is 1. The van der Waals surface area contributed by atoms with Gasteiger partial charge in [-0.2, -0.15) is 13.2 Å². The maximum absolute atomic E-state index is 13.5. The molecule has 184 valence electrons. The zero-order valence-corrected chi connectivity index (χ0v) is 19.4. The highest BCUT2D eigenvalue weighted by Crippen LogP contribution is 2.37. The smallest absolute Gasteiger partial charge is 0.416 e. The number of halogens is 4. The molecule has 1 aliphatic carbocycles. The number of alkyl halides is 3. The summed E-state index contributed by atoms with van der Waals surface area (Å²) in [5, 5.41) is -0.195. The second kappa shape index (κ2) is 9.65. The molecule has 1 atom stereocenters. The molecule has 1 saturated carbocycles. The molecule has 12 heteroatoms. The Hall–Kier alpha value is -3.47. The van der Waals surface area contributed by atoms with Crippen molar-refractivity contribution < 1.29 is 31.9 Å². The molecule has 3 aromatic rings. The van der Waals surface area contributed by atoms with Gasteiger partial charge < -0.3 is 14.1 Å². The fourth-order valence-corrected chi connectivity index (χ4v) is 3.86. The monoisotopic (exact) mass is 508 g/mol. The zero-order valence-electron chi connectivity index (χ0n) is 18.7. The number of rotatable bonds is 7. The van der Waals surface area contributed by atoms with Gasteiger partial charge in [0.05, 0.1) is 24.4 Å². The lowest BCUT2D eigenvalue weighted by Crippen LogP contribution is -2.35. The van der Waals surface area contributed by atoms with Crippen LogP contribution in [0.4, 0.5) is 13.2 Å². The van der Waals surface area contributed by atoms with Crippen LogP contribution >= 0.6 is 11.6 Å². The number of hydrogen-bond acceptors (Lipinski definition) is 7. The lowest BCUT2D eigenvalue weighted by atomic mass is 10.1. The van der Waals surface area contributed by atoms with Gasteiger partial charge in [-0.3, -0.25) is 4.79 Å². The van der Waals surface area contributed by atoms with E-state index < -0.39 is 29.7 Å². The van der Waals surface area contributed by atoms with Gasteiger partial charge in [-0.1, -0.05) is 11.6 Å². The number of carbonyl (C=O) groups excluding carboxylic acids is 2. The van der Waals surface area contributed by atoms with Crippen LogP contribution in [0.15, 0.2) is 41.4 Å². The first-order valence-corrected chi connectivity index (χ1v) is 11.0. The molecule has 0 N–H and O–H groups in total. The molecule has 2 aromatic heterocycles. The standard InChI is InChI=1S/C23H20ClF3N4O4/c1-12(20-19(30-11-35-20)17-8-18(22(33)34-2)29-10-28-17)31(9-13-3-4-13)21(32)14-5-15(23(25,26)27)7-16(24)6-14/h5-8,10-13H,3-4,9H2,1-2H3. The predicted molar refractivity (Wildman–Crippen MR) is 117 cm³/mol. The Morgan fingerprint density at radius 2 is 1.94 bits per heavy atom. The molecule has 4 rings (SSSR count). The van der Waals surface area contributed by atoms with E-state index in [0.717, 1.165) is 25.0 Å². The second-order valence-electron chi connectivity index (χ2n) is 8.15. The van der Waals surface area contributed by atoms with Crippen LogP contribution in [0.3, 0.4) is 0 Å². The molecule has 1 aliphatic rings. The Morgan fingerprint density at radius 3 is 2.60 bits per heavy atom. The molecule has 8 nitrogen and oxygen atoms in total. The Kier molecular flexibility index (Phi) is 6.79. The number of methoxy groups -OCH3 is 1. The fourth-order valence-electron chi connectivity index (χ4n) is 3.63. The van der Waals surface area contributed by atoms with Crippen LogP contribution in [-0.2, 0) is 10.9 Å². The number of hydrogen-bond donors (Lipinski definition) is 0. The molecule has 1 amide bonds. The minimum atomic E-state index is -4.66. The molecule has 0 aliphatic heterocycles. The highest BCUT2D eigenvalue weighted by atomic mass is 35.5. The second-order valence-corrected chi connectivity index (χ2v) is 8.58. The number of amides is 1. The number of aromatic nitrogens is 3. The number of esters is 1. The summed E-state index contributed by atoms with van der Waals surface area (Å²) in [4.78, 5) is 39.0. The van der Waals surface area contributed by atoms with Gasteiger partial charge >= 0.3 is 12.1 Å². The Labute approximate surface area is 203 Å². The number of oxazole rings is 1. The van der Waals surface area contributed by atoms with Crippen LogP contribution < -0.4 is 0 Å². The van der Waals surface area contributed by atoms with Gasteiger partial charge in [0.2, 0.25) is 0 Å². The Morgan fingerprint density at radius 1 is 1.20 bits per heavy atom. The molecule has 1 fully saturated rings. The fraction of sp³-hybridized carbons (Fsp3) is 0.348. The van der Waals surface area contributed by atoms with Crippen LogP contribution in [0.5, 0.6) is 0 Å². The van der Waals surface area contributed by atoms with Crippen molar-refractivity contribution >= 4 is 23.5 Å². The average molecular weight is 509 g/mol. The first kappa shape index (κ1) is 24.6. The maximum Gasteiger partial charge on any atom is 0.416 e. The SMILES string of the molecule is COC(=O)c1cc(-c2ncoc2C(C)N(CC2CC2)C(=O)c2cc(Cl)cc(C(F)(F)F)c2)ncn1. The van der Waals surface area contributed by atoms with Crippen LogP contribution in [0.2, 0.25) is 5.02 Å². The van der Waals surface area contributed by atoms with E-state index in [0.29, 0.717) is 6.54 Å². The van der Waals surface area contributed by atoms with Crippen molar-refractivity contribution in [2.24, 2.45) is 5.92 Å². The molecular weight excluding hydrogens is 489 g/mol. The summed E-state index contributed by atoms with van der Waals surface area (Å²) >= 11 is 5.91. The van der Waals surface area contributed by atoms with E-state index in [4.69, 9.17) is 16.0 Å². The van der Waals surface area contributed by atoms with Crippen molar-refractivity contribution in [3.8, 4) is 11.4 Å². The van der Waals surface area contributed by atoms with E-state index in [1.165, 1.54) is 36.9 Å². The predicted octanol–water partition coefficient (Wildman–Crippen LogP) is 5.20. The summed E-state index contributed by atoms with van der Waals surface area (Å²) < 4.78 is 50.2. The van der Waals surface area contributed by atoms with Gasteiger partial charge in [-0.15, -0.1) is 0 Å². The average Bonchev–Trinajstić information content (AvgIpc) is 3.52. The summed E-state index contributed by atoms with van der Waals surface area (Å²) in [6.45, 7) is 1.99. The minimum Gasteiger partial charge on any atom is -0.464 e. The van der Waals surface area contributed by atoms with Crippen LogP contribution in [0, 0.1) is 5.92 Å². The minimum absolute atomic E-state index is 0.00336. The van der Waals surface area contributed by atoms with Gasteiger partial charge in [0, 0.05) is 17.1 Å². The lowest BCUT2D eigenvalue weighted by molar-refractivity contribution is -0.137. The van der Waals surface area contributed by atoms with E-state index in [-0.39, 0.29) is 39.3 Å². The normalized spacial score (nSPS) is 14.5. The van der Waals surface area contributed by atoms with Crippen LogP contribution in [0.25, 0.3) is 11.4 Å². The van der Waals surface area contributed by atoms with Crippen LogP contribution in [0.1, 0.15) is 58.0 Å². The quantitative estimate of drug-likeness (QED) is 0.404. The van der Waals surface area contributed by atoms with E-state index in [9.17, 15) is 22.8 Å². The molecule has 1 aromatic carbocycles. The van der Waals surface area contributed by atoms with Crippen LogP contribution in [-0.4, -0.2) is 45.4 Å². The van der Waals surface area contributed by atoms with Gasteiger partial charge in [0.25, 0.3) is 5.91 Å². The number of carbonyl (C=O) groups is 2. The van der Waals surface area contributed by atoms with E-state index in [1.54, 1.807) is 6.92 Å². The molecule has 35 heavy (non-hydrogen) atoms. The Bertz CT molecular complexity index is 1260. The van der Waals surface area contributed by atoms with E-state index in [1.807, 2.05) is 0 Å². The summed E-state index contributed by atoms with van der Waals surface area (Å²) in [6.07, 6.45) is -0.519. The highest BCUT2D eigenvalue weighted by Gasteiger charge is 2.36. The largest absolute Gasteiger partial charge is 0.464 e. The summed E-state index contributed by atoms with van der Waals surface area (Å²) in [7, 11) is 1.22. The molecule has 1 unspecified atom stereocenters. The summed E-state index contributed by atoms with van der Waals surface area (Å²) in [6, 6.07) is 3.43. The molecule has 2 heterocycles. The molecule has 0 radical (unpaired) electrons. The van der Waals surface area contributed by atoms with Gasteiger partial charge in [-0.25, -0.2) is 19.7 Å². The van der Waals surface area contributed by atoms with E-state index in [2.05, 4.69) is 19.7 Å². The number of nitrogens with zero attached hydrogens (tertiary/aromatic N) is 4. The van der Waals surface area contributed by atoms with Crippen molar-refractivity contribution in [2.45, 2.75) is 32.0 Å². The van der Waals surface area contributed by atoms with E-state index >= 15 is 0 Å². The number of benzene rings is 1. The Balaban J connectivity index is 1.70.